The van der Waals surface area contributed by atoms with E-state index in [-0.39, 0.29) is 11.9 Å². The molecule has 0 radical (unpaired) electrons. The van der Waals surface area contributed by atoms with Crippen LogP contribution in [0.1, 0.15) is 12.2 Å². The van der Waals surface area contributed by atoms with Crippen molar-refractivity contribution in [2.24, 2.45) is 4.99 Å². The molecule has 2 rings (SSSR count). The average Bonchev–Trinajstić information content (AvgIpc) is 2.76. The zero-order valence-electron chi connectivity index (χ0n) is 7.47. The third kappa shape index (κ3) is 1.46. The van der Waals surface area contributed by atoms with Gasteiger partial charge in [-0.3, -0.25) is 0 Å². The predicted octanol–water partition coefficient (Wildman–Crippen LogP) is 1.53. The van der Waals surface area contributed by atoms with Gasteiger partial charge < -0.3 is 9.15 Å². The molecule has 0 saturated heterocycles. The highest BCUT2D eigenvalue weighted by atomic mass is 16.6. The number of esters is 1. The molecule has 1 aromatic heterocycles. The Labute approximate surface area is 80.9 Å². The van der Waals surface area contributed by atoms with Crippen LogP contribution in [0.3, 0.4) is 0 Å². The van der Waals surface area contributed by atoms with Crippen molar-refractivity contribution in [3.05, 3.63) is 36.8 Å². The second-order valence-corrected chi connectivity index (χ2v) is 2.87. The summed E-state index contributed by atoms with van der Waals surface area (Å²) in [7, 11) is 0. The molecule has 0 bridgehead atoms. The number of cyclic esters (lactones) is 1. The van der Waals surface area contributed by atoms with Gasteiger partial charge in [0.05, 0.1) is 6.26 Å². The standard InChI is InChI=1S/C10H9NO3/c1-2-4-7-10(12)14-9(11-7)8-5-3-6-13-8/h2-3,5-7H,1,4H2. The van der Waals surface area contributed by atoms with E-state index in [2.05, 4.69) is 11.6 Å². The Bertz CT molecular complexity index is 378. The maximum absolute atomic E-state index is 11.2. The van der Waals surface area contributed by atoms with E-state index in [1.807, 2.05) is 0 Å². The number of carbonyl (C=O) groups excluding carboxylic acids is 1. The smallest absolute Gasteiger partial charge is 0.338 e. The van der Waals surface area contributed by atoms with Crippen LogP contribution in [-0.2, 0) is 9.53 Å². The zero-order chi connectivity index (χ0) is 9.97. The van der Waals surface area contributed by atoms with Gasteiger partial charge in [-0.05, 0) is 18.6 Å². The third-order valence-corrected chi connectivity index (χ3v) is 1.86. The van der Waals surface area contributed by atoms with E-state index in [0.29, 0.717) is 12.2 Å². The van der Waals surface area contributed by atoms with Crippen LogP contribution >= 0.6 is 0 Å². The highest BCUT2D eigenvalue weighted by Crippen LogP contribution is 2.15. The lowest BCUT2D eigenvalue weighted by Gasteiger charge is -1.95. The Hall–Kier alpha value is -1.84. The lowest BCUT2D eigenvalue weighted by atomic mass is 10.2. The lowest BCUT2D eigenvalue weighted by Crippen LogP contribution is -2.13. The van der Waals surface area contributed by atoms with E-state index in [1.54, 1.807) is 18.2 Å². The summed E-state index contributed by atoms with van der Waals surface area (Å²) >= 11 is 0. The van der Waals surface area contributed by atoms with Crippen LogP contribution in [0.25, 0.3) is 0 Å². The number of nitrogens with zero attached hydrogens (tertiary/aromatic N) is 1. The molecule has 2 heterocycles. The van der Waals surface area contributed by atoms with E-state index >= 15 is 0 Å². The van der Waals surface area contributed by atoms with Crippen molar-refractivity contribution in [2.45, 2.75) is 12.5 Å². The molecule has 4 nitrogen and oxygen atoms in total. The van der Waals surface area contributed by atoms with Gasteiger partial charge in [0.2, 0.25) is 0 Å². The molecule has 0 fully saturated rings. The van der Waals surface area contributed by atoms with E-state index in [1.165, 1.54) is 6.26 Å². The van der Waals surface area contributed by atoms with Crippen molar-refractivity contribution < 1.29 is 13.9 Å². The topological polar surface area (TPSA) is 51.8 Å². The molecule has 1 atom stereocenters. The van der Waals surface area contributed by atoms with E-state index in [0.717, 1.165) is 0 Å². The minimum absolute atomic E-state index is 0.256. The summed E-state index contributed by atoms with van der Waals surface area (Å²) in [4.78, 5) is 15.3. The zero-order valence-corrected chi connectivity index (χ0v) is 7.47. The molecule has 0 spiro atoms. The van der Waals surface area contributed by atoms with Crippen molar-refractivity contribution >= 4 is 11.9 Å². The fraction of sp³-hybridized carbons (Fsp3) is 0.200. The van der Waals surface area contributed by atoms with Gasteiger partial charge in [0.1, 0.15) is 0 Å². The van der Waals surface area contributed by atoms with Gasteiger partial charge in [-0.1, -0.05) is 6.08 Å². The number of hydrogen-bond donors (Lipinski definition) is 0. The molecule has 1 aromatic rings. The molecule has 0 aromatic carbocycles. The highest BCUT2D eigenvalue weighted by Gasteiger charge is 2.29. The summed E-state index contributed by atoms with van der Waals surface area (Å²) in [6.45, 7) is 3.55. The molecule has 4 heteroatoms. The number of carbonyl (C=O) groups is 1. The summed E-state index contributed by atoms with van der Waals surface area (Å²) in [5.74, 6) is 0.382. The SMILES string of the molecule is C=CCC1N=C(c2ccco2)OC1=O. The summed E-state index contributed by atoms with van der Waals surface area (Å²) in [6, 6.07) is 2.95. The maximum Gasteiger partial charge on any atom is 0.338 e. The molecule has 1 aliphatic heterocycles. The van der Waals surface area contributed by atoms with Crippen LogP contribution in [-0.4, -0.2) is 17.9 Å². The number of aliphatic imine (C=N–C) groups is 1. The van der Waals surface area contributed by atoms with Crippen LogP contribution in [0, 0.1) is 0 Å². The number of rotatable bonds is 3. The molecular weight excluding hydrogens is 182 g/mol. The van der Waals surface area contributed by atoms with Crippen molar-refractivity contribution in [3.63, 3.8) is 0 Å². The van der Waals surface area contributed by atoms with Gasteiger partial charge in [0.15, 0.2) is 11.8 Å². The van der Waals surface area contributed by atoms with Crippen LogP contribution in [0.5, 0.6) is 0 Å². The van der Waals surface area contributed by atoms with Crippen molar-refractivity contribution in [3.8, 4) is 0 Å². The second-order valence-electron chi connectivity index (χ2n) is 2.87. The quantitative estimate of drug-likeness (QED) is 0.537. The minimum atomic E-state index is -0.465. The van der Waals surface area contributed by atoms with E-state index < -0.39 is 6.04 Å². The first kappa shape index (κ1) is 8.74. The molecule has 72 valence electrons. The highest BCUT2D eigenvalue weighted by molar-refractivity contribution is 6.04. The Morgan fingerprint density at radius 3 is 3.14 bits per heavy atom. The van der Waals surface area contributed by atoms with Gasteiger partial charge in [-0.2, -0.15) is 0 Å². The first-order valence-corrected chi connectivity index (χ1v) is 4.25. The van der Waals surface area contributed by atoms with Crippen molar-refractivity contribution in [1.82, 2.24) is 0 Å². The summed E-state index contributed by atoms with van der Waals surface area (Å²) in [5, 5.41) is 0. The second kappa shape index (κ2) is 3.49. The van der Waals surface area contributed by atoms with Crippen LogP contribution in [0.4, 0.5) is 0 Å². The monoisotopic (exact) mass is 191 g/mol. The Morgan fingerprint density at radius 2 is 2.50 bits per heavy atom. The van der Waals surface area contributed by atoms with E-state index in [9.17, 15) is 4.79 Å². The third-order valence-electron chi connectivity index (χ3n) is 1.86. The normalized spacial score (nSPS) is 20.4. The Kier molecular flexibility index (Phi) is 2.18. The molecule has 0 aliphatic carbocycles. The average molecular weight is 191 g/mol. The summed E-state index contributed by atoms with van der Waals surface area (Å²) < 4.78 is 10.00. The number of furan rings is 1. The number of ether oxygens (including phenoxy) is 1. The van der Waals surface area contributed by atoms with Gasteiger partial charge >= 0.3 is 5.97 Å². The molecule has 0 N–H and O–H groups in total. The van der Waals surface area contributed by atoms with Crippen molar-refractivity contribution in [1.29, 1.82) is 0 Å². The Balaban J connectivity index is 2.20. The largest absolute Gasteiger partial charge is 0.459 e. The Morgan fingerprint density at radius 1 is 1.64 bits per heavy atom. The predicted molar refractivity (Wildman–Crippen MR) is 49.9 cm³/mol. The summed E-state index contributed by atoms with van der Waals surface area (Å²) in [5.41, 5.74) is 0. The molecule has 14 heavy (non-hydrogen) atoms. The van der Waals surface area contributed by atoms with Crippen molar-refractivity contribution in [2.75, 3.05) is 0 Å². The minimum Gasteiger partial charge on any atom is -0.459 e. The molecule has 0 amide bonds. The lowest BCUT2D eigenvalue weighted by molar-refractivity contribution is -0.134. The van der Waals surface area contributed by atoms with Crippen LogP contribution in [0.15, 0.2) is 40.5 Å². The fourth-order valence-electron chi connectivity index (χ4n) is 1.20. The van der Waals surface area contributed by atoms with Gasteiger partial charge in [-0.25, -0.2) is 9.79 Å². The molecule has 0 saturated carbocycles. The molecule has 1 unspecified atom stereocenters. The first-order valence-electron chi connectivity index (χ1n) is 4.25. The number of hydrogen-bond acceptors (Lipinski definition) is 4. The van der Waals surface area contributed by atoms with Gasteiger partial charge in [-0.15, -0.1) is 6.58 Å². The molecular formula is C10H9NO3. The van der Waals surface area contributed by atoms with Gasteiger partial charge in [0, 0.05) is 0 Å². The van der Waals surface area contributed by atoms with Crippen LogP contribution < -0.4 is 0 Å². The van der Waals surface area contributed by atoms with Gasteiger partial charge in [0.25, 0.3) is 5.90 Å². The molecule has 1 aliphatic rings. The fourth-order valence-corrected chi connectivity index (χ4v) is 1.20. The summed E-state index contributed by atoms with van der Waals surface area (Å²) in [6.07, 6.45) is 3.63. The van der Waals surface area contributed by atoms with E-state index in [4.69, 9.17) is 9.15 Å². The van der Waals surface area contributed by atoms with Crippen LogP contribution in [0.2, 0.25) is 0 Å². The maximum atomic E-state index is 11.2. The first-order chi connectivity index (χ1) is 6.81.